The highest BCUT2D eigenvalue weighted by molar-refractivity contribution is 7.25. The van der Waals surface area contributed by atoms with Crippen LogP contribution in [0.4, 0.5) is 0 Å². The van der Waals surface area contributed by atoms with E-state index in [2.05, 4.69) is 218 Å². The number of fused-ring (bicyclic) bond motifs is 9. The van der Waals surface area contributed by atoms with Crippen molar-refractivity contribution in [3.63, 3.8) is 0 Å². The Morgan fingerprint density at radius 2 is 0.853 bits per heavy atom. The van der Waals surface area contributed by atoms with Gasteiger partial charge in [0.05, 0.1) is 0 Å². The molecule has 0 unspecified atom stereocenters. The van der Waals surface area contributed by atoms with Crippen LogP contribution in [0.15, 0.2) is 229 Å². The van der Waals surface area contributed by atoms with Crippen LogP contribution in [0.25, 0.3) is 142 Å². The average Bonchev–Trinajstić information content (AvgIpc) is 3.97. The van der Waals surface area contributed by atoms with Crippen LogP contribution >= 0.6 is 11.3 Å². The first-order valence-electron chi connectivity index (χ1n) is 22.9. The summed E-state index contributed by atoms with van der Waals surface area (Å²) in [4.78, 5) is 15.9. The second-order valence-corrected chi connectivity index (χ2v) is 18.6. The van der Waals surface area contributed by atoms with Crippen LogP contribution in [-0.4, -0.2) is 15.0 Å². The van der Waals surface area contributed by atoms with Crippen molar-refractivity contribution in [1.29, 1.82) is 0 Å². The second kappa shape index (κ2) is 15.4. The number of hydrogen-bond donors (Lipinski definition) is 0. The maximum absolute atomic E-state index is 6.75. The van der Waals surface area contributed by atoms with E-state index < -0.39 is 0 Å². The zero-order valence-electron chi connectivity index (χ0n) is 36.5. The molecule has 0 amide bonds. The summed E-state index contributed by atoms with van der Waals surface area (Å²) in [6, 6.07) is 80.0. The molecular formula is C63H37N3OS. The molecule has 316 valence electrons. The Morgan fingerprint density at radius 3 is 1.66 bits per heavy atom. The van der Waals surface area contributed by atoms with Crippen molar-refractivity contribution >= 4 is 85.8 Å². The number of aromatic nitrogens is 3. The largest absolute Gasteiger partial charge is 0.456 e. The summed E-state index contributed by atoms with van der Waals surface area (Å²) < 4.78 is 9.21. The van der Waals surface area contributed by atoms with E-state index in [1.54, 1.807) is 11.3 Å². The number of benzene rings is 11. The van der Waals surface area contributed by atoms with Crippen LogP contribution in [0.5, 0.6) is 0 Å². The molecule has 0 bridgehead atoms. The van der Waals surface area contributed by atoms with Crippen molar-refractivity contribution in [3.8, 4) is 67.5 Å². The minimum Gasteiger partial charge on any atom is -0.456 e. The van der Waals surface area contributed by atoms with E-state index in [9.17, 15) is 0 Å². The predicted octanol–water partition coefficient (Wildman–Crippen LogP) is 17.6. The molecule has 11 aromatic carbocycles. The van der Waals surface area contributed by atoms with Gasteiger partial charge in [0.1, 0.15) is 11.2 Å². The van der Waals surface area contributed by atoms with Gasteiger partial charge in [0.25, 0.3) is 0 Å². The SMILES string of the molecule is c1ccc(-c2ccc(-c3nc(-c4ccc5c(c4)sc4ccccc45)nc(-c4ccc(-c5c(-c6ccc7ccccc7c6)ccc6oc7cc8ccccc8cc7c56)c5ccccc45)n3)cc2)cc1. The molecule has 0 aliphatic heterocycles. The number of nitrogens with zero attached hydrogens (tertiary/aromatic N) is 3. The van der Waals surface area contributed by atoms with Gasteiger partial charge in [0.2, 0.25) is 0 Å². The number of thiophene rings is 1. The second-order valence-electron chi connectivity index (χ2n) is 17.5. The van der Waals surface area contributed by atoms with E-state index in [0.29, 0.717) is 17.5 Å². The van der Waals surface area contributed by atoms with Gasteiger partial charge < -0.3 is 4.42 Å². The van der Waals surface area contributed by atoms with Crippen LogP contribution in [-0.2, 0) is 0 Å². The molecule has 0 saturated carbocycles. The monoisotopic (exact) mass is 883 g/mol. The van der Waals surface area contributed by atoms with E-state index in [4.69, 9.17) is 19.4 Å². The van der Waals surface area contributed by atoms with Crippen molar-refractivity contribution in [2.24, 2.45) is 0 Å². The van der Waals surface area contributed by atoms with Gasteiger partial charge in [-0.15, -0.1) is 11.3 Å². The standard InChI is InChI=1S/C63H37N3OS/c1-2-12-38(13-3-1)40-22-25-41(26-23-40)61-64-62(46-28-29-51-50-20-10-11-21-57(50)68-58(51)37-46)66-63(65-61)53-31-30-52(48-18-8-9-19-49(48)53)59-47(45-27-24-39-14-4-5-15-42(39)34-45)32-33-55-60(59)54-35-43-16-6-7-17-44(43)36-56(54)67-55/h1-37H. The summed E-state index contributed by atoms with van der Waals surface area (Å²) in [5, 5.41) is 11.5. The van der Waals surface area contributed by atoms with Crippen LogP contribution in [0.1, 0.15) is 0 Å². The van der Waals surface area contributed by atoms with E-state index in [1.165, 1.54) is 36.3 Å². The Hall–Kier alpha value is -8.77. The quantitative estimate of drug-likeness (QED) is 0.167. The lowest BCUT2D eigenvalue weighted by Gasteiger charge is -2.17. The van der Waals surface area contributed by atoms with Crippen LogP contribution < -0.4 is 0 Å². The maximum atomic E-state index is 6.75. The number of hydrogen-bond acceptors (Lipinski definition) is 5. The molecule has 5 heteroatoms. The molecule has 3 heterocycles. The molecule has 0 fully saturated rings. The van der Waals surface area contributed by atoms with Gasteiger partial charge in [-0.25, -0.2) is 15.0 Å². The Balaban J connectivity index is 0.998. The Labute approximate surface area is 395 Å². The van der Waals surface area contributed by atoms with E-state index >= 15 is 0 Å². The van der Waals surface area contributed by atoms with Gasteiger partial charge in [-0.1, -0.05) is 182 Å². The summed E-state index contributed by atoms with van der Waals surface area (Å²) in [7, 11) is 0. The lowest BCUT2D eigenvalue weighted by molar-refractivity contribution is 0.669. The molecular weight excluding hydrogens is 847 g/mol. The van der Waals surface area contributed by atoms with Crippen LogP contribution in [0, 0.1) is 0 Å². The third-order valence-electron chi connectivity index (χ3n) is 13.5. The zero-order chi connectivity index (χ0) is 44.7. The van der Waals surface area contributed by atoms with Crippen molar-refractivity contribution in [2.75, 3.05) is 0 Å². The fraction of sp³-hybridized carbons (Fsp3) is 0. The Kier molecular flexibility index (Phi) is 8.73. The first kappa shape index (κ1) is 38.5. The highest BCUT2D eigenvalue weighted by Gasteiger charge is 2.23. The lowest BCUT2D eigenvalue weighted by atomic mass is 9.86. The van der Waals surface area contributed by atoms with Gasteiger partial charge in [-0.2, -0.15) is 0 Å². The highest BCUT2D eigenvalue weighted by Crippen LogP contribution is 2.47. The molecule has 68 heavy (non-hydrogen) atoms. The molecule has 14 rings (SSSR count). The number of furan rings is 1. The van der Waals surface area contributed by atoms with E-state index in [-0.39, 0.29) is 0 Å². The summed E-state index contributed by atoms with van der Waals surface area (Å²) in [6.07, 6.45) is 0. The summed E-state index contributed by atoms with van der Waals surface area (Å²) in [5.41, 5.74) is 11.3. The van der Waals surface area contributed by atoms with Gasteiger partial charge >= 0.3 is 0 Å². The van der Waals surface area contributed by atoms with Crippen molar-refractivity contribution in [3.05, 3.63) is 224 Å². The summed E-state index contributed by atoms with van der Waals surface area (Å²) in [6.45, 7) is 0. The average molecular weight is 884 g/mol. The fourth-order valence-corrected chi connectivity index (χ4v) is 11.4. The third kappa shape index (κ3) is 6.32. The van der Waals surface area contributed by atoms with E-state index in [0.717, 1.165) is 88.2 Å². The fourth-order valence-electron chi connectivity index (χ4n) is 10.2. The Bertz CT molecular complexity index is 4320. The predicted molar refractivity (Wildman–Crippen MR) is 285 cm³/mol. The molecule has 0 N–H and O–H groups in total. The first-order valence-corrected chi connectivity index (χ1v) is 23.7. The van der Waals surface area contributed by atoms with Crippen LogP contribution in [0.2, 0.25) is 0 Å². The number of rotatable bonds is 6. The smallest absolute Gasteiger partial charge is 0.164 e. The summed E-state index contributed by atoms with van der Waals surface area (Å²) in [5.74, 6) is 1.87. The molecule has 0 saturated heterocycles. The van der Waals surface area contributed by atoms with E-state index in [1.807, 2.05) is 6.07 Å². The molecule has 0 aliphatic carbocycles. The molecule has 0 radical (unpaired) electrons. The van der Waals surface area contributed by atoms with Crippen LogP contribution in [0.3, 0.4) is 0 Å². The first-order chi connectivity index (χ1) is 33.7. The molecule has 4 nitrogen and oxygen atoms in total. The molecule has 0 aliphatic rings. The summed E-state index contributed by atoms with van der Waals surface area (Å²) >= 11 is 1.80. The molecule has 3 aromatic heterocycles. The van der Waals surface area contributed by atoms with Gasteiger partial charge in [-0.05, 0) is 103 Å². The lowest BCUT2D eigenvalue weighted by Crippen LogP contribution is -2.01. The van der Waals surface area contributed by atoms with Gasteiger partial charge in [0.15, 0.2) is 17.5 Å². The van der Waals surface area contributed by atoms with Crippen molar-refractivity contribution < 1.29 is 4.42 Å². The minimum absolute atomic E-state index is 0.615. The maximum Gasteiger partial charge on any atom is 0.164 e. The normalized spacial score (nSPS) is 11.8. The third-order valence-corrected chi connectivity index (χ3v) is 14.7. The van der Waals surface area contributed by atoms with Crippen molar-refractivity contribution in [2.45, 2.75) is 0 Å². The topological polar surface area (TPSA) is 51.8 Å². The Morgan fingerprint density at radius 1 is 0.294 bits per heavy atom. The molecule has 0 spiro atoms. The van der Waals surface area contributed by atoms with Gasteiger partial charge in [-0.3, -0.25) is 0 Å². The molecule has 0 atom stereocenters. The van der Waals surface area contributed by atoms with Gasteiger partial charge in [0, 0.05) is 53.2 Å². The van der Waals surface area contributed by atoms with Crippen molar-refractivity contribution in [1.82, 2.24) is 15.0 Å². The minimum atomic E-state index is 0.615. The molecule has 14 aromatic rings. The zero-order valence-corrected chi connectivity index (χ0v) is 37.3. The highest BCUT2D eigenvalue weighted by atomic mass is 32.1.